The molecule has 0 bridgehead atoms. The summed E-state index contributed by atoms with van der Waals surface area (Å²) in [6.07, 6.45) is 0. The highest BCUT2D eigenvalue weighted by Crippen LogP contribution is 2.13. The average Bonchev–Trinajstić information content (AvgIpc) is 2.51. The van der Waals surface area contributed by atoms with Gasteiger partial charge in [-0.05, 0) is 17.7 Å². The number of amides is 2. The first-order chi connectivity index (χ1) is 10.6. The van der Waals surface area contributed by atoms with Crippen LogP contribution in [0.5, 0.6) is 5.75 Å². The third-order valence-electron chi connectivity index (χ3n) is 2.89. The fraction of sp³-hybridized carbons (Fsp3) is 0.125. The molecule has 114 valence electrons. The third kappa shape index (κ3) is 4.31. The maximum atomic E-state index is 13.0. The van der Waals surface area contributed by atoms with Crippen LogP contribution in [0.2, 0.25) is 0 Å². The monoisotopic (exact) mass is 302 g/mol. The first-order valence-electron chi connectivity index (χ1n) is 6.58. The molecule has 3 N–H and O–H groups in total. The van der Waals surface area contributed by atoms with Crippen molar-refractivity contribution in [2.75, 3.05) is 6.61 Å². The second-order valence-electron chi connectivity index (χ2n) is 4.56. The lowest BCUT2D eigenvalue weighted by Gasteiger charge is -2.16. The summed E-state index contributed by atoms with van der Waals surface area (Å²) in [5, 5.41) is 2.49. The summed E-state index contributed by atoms with van der Waals surface area (Å²) in [6.45, 7) is -0.347. The SMILES string of the molecule is NC(=O)C(NC(=O)COc1cccc(F)c1)c1ccccc1. The van der Waals surface area contributed by atoms with Crippen LogP contribution in [0.25, 0.3) is 0 Å². The molecule has 0 aliphatic rings. The van der Waals surface area contributed by atoms with Gasteiger partial charge in [-0.25, -0.2) is 4.39 Å². The van der Waals surface area contributed by atoms with E-state index in [1.807, 2.05) is 0 Å². The van der Waals surface area contributed by atoms with Crippen molar-refractivity contribution in [2.45, 2.75) is 6.04 Å². The summed E-state index contributed by atoms with van der Waals surface area (Å²) in [4.78, 5) is 23.3. The first-order valence-corrected chi connectivity index (χ1v) is 6.58. The highest BCUT2D eigenvalue weighted by atomic mass is 19.1. The molecule has 2 aromatic carbocycles. The minimum atomic E-state index is -0.940. The van der Waals surface area contributed by atoms with E-state index in [4.69, 9.17) is 10.5 Å². The minimum absolute atomic E-state index is 0.227. The quantitative estimate of drug-likeness (QED) is 0.849. The Bertz CT molecular complexity index is 661. The van der Waals surface area contributed by atoms with Gasteiger partial charge in [0.1, 0.15) is 17.6 Å². The lowest BCUT2D eigenvalue weighted by atomic mass is 10.1. The normalized spacial score (nSPS) is 11.5. The van der Waals surface area contributed by atoms with Crippen molar-refractivity contribution in [2.24, 2.45) is 5.73 Å². The van der Waals surface area contributed by atoms with Gasteiger partial charge >= 0.3 is 0 Å². The van der Waals surface area contributed by atoms with Gasteiger partial charge in [-0.1, -0.05) is 36.4 Å². The molecule has 5 nitrogen and oxygen atoms in total. The highest BCUT2D eigenvalue weighted by Gasteiger charge is 2.20. The van der Waals surface area contributed by atoms with Crippen molar-refractivity contribution in [3.63, 3.8) is 0 Å². The van der Waals surface area contributed by atoms with E-state index in [0.717, 1.165) is 6.07 Å². The molecular formula is C16H15FN2O3. The number of hydrogen-bond donors (Lipinski definition) is 2. The lowest BCUT2D eigenvalue weighted by Crippen LogP contribution is -2.39. The van der Waals surface area contributed by atoms with Gasteiger partial charge < -0.3 is 15.8 Å². The molecule has 1 unspecified atom stereocenters. The Morgan fingerprint density at radius 1 is 1.14 bits per heavy atom. The van der Waals surface area contributed by atoms with E-state index in [1.54, 1.807) is 30.3 Å². The van der Waals surface area contributed by atoms with Crippen LogP contribution in [-0.2, 0) is 9.59 Å². The Morgan fingerprint density at radius 3 is 2.50 bits per heavy atom. The number of rotatable bonds is 6. The molecule has 2 rings (SSSR count). The lowest BCUT2D eigenvalue weighted by molar-refractivity contribution is -0.128. The molecule has 0 saturated heterocycles. The van der Waals surface area contributed by atoms with Gasteiger partial charge in [-0.2, -0.15) is 0 Å². The molecule has 22 heavy (non-hydrogen) atoms. The molecule has 0 heterocycles. The predicted molar refractivity (Wildman–Crippen MR) is 78.4 cm³/mol. The number of primary amides is 1. The summed E-state index contributed by atoms with van der Waals surface area (Å²) in [5.74, 6) is -1.44. The third-order valence-corrected chi connectivity index (χ3v) is 2.89. The molecule has 2 aromatic rings. The van der Waals surface area contributed by atoms with E-state index >= 15 is 0 Å². The van der Waals surface area contributed by atoms with Crippen molar-refractivity contribution >= 4 is 11.8 Å². The van der Waals surface area contributed by atoms with Gasteiger partial charge in [0.15, 0.2) is 6.61 Å². The maximum absolute atomic E-state index is 13.0. The van der Waals surface area contributed by atoms with Crippen molar-refractivity contribution in [1.82, 2.24) is 5.32 Å². The predicted octanol–water partition coefficient (Wildman–Crippen LogP) is 1.55. The van der Waals surface area contributed by atoms with Gasteiger partial charge in [-0.15, -0.1) is 0 Å². The highest BCUT2D eigenvalue weighted by molar-refractivity contribution is 5.88. The molecule has 0 aliphatic heterocycles. The van der Waals surface area contributed by atoms with E-state index in [0.29, 0.717) is 5.56 Å². The number of carbonyl (C=O) groups is 2. The molecule has 2 amide bonds. The van der Waals surface area contributed by atoms with Crippen LogP contribution < -0.4 is 15.8 Å². The van der Waals surface area contributed by atoms with E-state index in [-0.39, 0.29) is 12.4 Å². The zero-order valence-corrected chi connectivity index (χ0v) is 11.7. The van der Waals surface area contributed by atoms with Crippen LogP contribution in [0.15, 0.2) is 54.6 Å². The average molecular weight is 302 g/mol. The van der Waals surface area contributed by atoms with E-state index in [9.17, 15) is 14.0 Å². The van der Waals surface area contributed by atoms with Gasteiger partial charge in [0, 0.05) is 6.07 Å². The second kappa shape index (κ2) is 7.21. The molecule has 0 fully saturated rings. The molecular weight excluding hydrogens is 287 g/mol. The topological polar surface area (TPSA) is 81.4 Å². The van der Waals surface area contributed by atoms with Crippen LogP contribution in [0.4, 0.5) is 4.39 Å². The number of benzene rings is 2. The first kappa shape index (κ1) is 15.5. The molecule has 0 saturated carbocycles. The Morgan fingerprint density at radius 2 is 1.86 bits per heavy atom. The number of halogens is 1. The number of nitrogens with one attached hydrogen (secondary N) is 1. The Balaban J connectivity index is 1.96. The summed E-state index contributed by atoms with van der Waals surface area (Å²) in [6, 6.07) is 13.1. The summed E-state index contributed by atoms with van der Waals surface area (Å²) in [5.41, 5.74) is 5.88. The fourth-order valence-corrected chi connectivity index (χ4v) is 1.87. The molecule has 0 spiro atoms. The Kier molecular flexibility index (Phi) is 5.08. The molecule has 0 aliphatic carbocycles. The van der Waals surface area contributed by atoms with Crippen molar-refractivity contribution < 1.29 is 18.7 Å². The van der Waals surface area contributed by atoms with Crippen LogP contribution in [0, 0.1) is 5.82 Å². The zero-order chi connectivity index (χ0) is 15.9. The fourth-order valence-electron chi connectivity index (χ4n) is 1.87. The smallest absolute Gasteiger partial charge is 0.258 e. The van der Waals surface area contributed by atoms with Crippen LogP contribution in [-0.4, -0.2) is 18.4 Å². The van der Waals surface area contributed by atoms with E-state index < -0.39 is 23.7 Å². The Labute approximate surface area is 126 Å². The molecule has 1 atom stereocenters. The van der Waals surface area contributed by atoms with E-state index in [2.05, 4.69) is 5.32 Å². The van der Waals surface area contributed by atoms with Crippen molar-refractivity contribution in [1.29, 1.82) is 0 Å². The van der Waals surface area contributed by atoms with E-state index in [1.165, 1.54) is 18.2 Å². The van der Waals surface area contributed by atoms with Crippen molar-refractivity contribution in [3.05, 3.63) is 66.0 Å². The number of nitrogens with two attached hydrogens (primary N) is 1. The number of carbonyl (C=O) groups excluding carboxylic acids is 2. The minimum Gasteiger partial charge on any atom is -0.484 e. The maximum Gasteiger partial charge on any atom is 0.258 e. The summed E-state index contributed by atoms with van der Waals surface area (Å²) >= 11 is 0. The van der Waals surface area contributed by atoms with Gasteiger partial charge in [0.05, 0.1) is 0 Å². The number of hydrogen-bond acceptors (Lipinski definition) is 3. The van der Waals surface area contributed by atoms with Crippen LogP contribution in [0.1, 0.15) is 11.6 Å². The van der Waals surface area contributed by atoms with Gasteiger partial charge in [0.25, 0.3) is 5.91 Å². The Hall–Kier alpha value is -2.89. The molecule has 0 aromatic heterocycles. The largest absolute Gasteiger partial charge is 0.484 e. The molecule has 6 heteroatoms. The van der Waals surface area contributed by atoms with Gasteiger partial charge in [0.2, 0.25) is 5.91 Å². The second-order valence-corrected chi connectivity index (χ2v) is 4.56. The van der Waals surface area contributed by atoms with Crippen molar-refractivity contribution in [3.8, 4) is 5.75 Å². The summed E-state index contributed by atoms with van der Waals surface area (Å²) in [7, 11) is 0. The van der Waals surface area contributed by atoms with Crippen LogP contribution in [0.3, 0.4) is 0 Å². The van der Waals surface area contributed by atoms with Gasteiger partial charge in [-0.3, -0.25) is 9.59 Å². The summed E-state index contributed by atoms with van der Waals surface area (Å²) < 4.78 is 18.1. The molecule has 0 radical (unpaired) electrons. The number of ether oxygens (including phenoxy) is 1. The standard InChI is InChI=1S/C16H15FN2O3/c17-12-7-4-8-13(9-12)22-10-14(20)19-15(16(18)21)11-5-2-1-3-6-11/h1-9,15H,10H2,(H2,18,21)(H,19,20). The van der Waals surface area contributed by atoms with Crippen LogP contribution >= 0.6 is 0 Å². The zero-order valence-electron chi connectivity index (χ0n) is 11.7.